The molecule has 0 aromatic heterocycles. The Labute approximate surface area is 194 Å². The van der Waals surface area contributed by atoms with E-state index in [0.29, 0.717) is 18.5 Å². The van der Waals surface area contributed by atoms with E-state index >= 15 is 0 Å². The predicted molar refractivity (Wildman–Crippen MR) is 133 cm³/mol. The number of benzene rings is 3. The SMILES string of the molecule is CSCCC(NC(=O)c1cccc(C)c1)C(=O)NCC(c1ccccc1)c1ccccc1. The number of thioether (sulfide) groups is 1. The second kappa shape index (κ2) is 12.1. The quantitative estimate of drug-likeness (QED) is 0.471. The highest BCUT2D eigenvalue weighted by atomic mass is 32.2. The van der Waals surface area contributed by atoms with Gasteiger partial charge in [0.15, 0.2) is 0 Å². The molecule has 0 heterocycles. The van der Waals surface area contributed by atoms with Crippen LogP contribution in [0.3, 0.4) is 0 Å². The molecule has 0 aliphatic rings. The van der Waals surface area contributed by atoms with Gasteiger partial charge in [-0.25, -0.2) is 0 Å². The Morgan fingerprint density at radius 1 is 0.875 bits per heavy atom. The molecule has 32 heavy (non-hydrogen) atoms. The van der Waals surface area contributed by atoms with E-state index in [1.165, 1.54) is 0 Å². The zero-order chi connectivity index (χ0) is 22.8. The molecule has 3 aromatic rings. The fourth-order valence-electron chi connectivity index (χ4n) is 3.66. The van der Waals surface area contributed by atoms with E-state index in [9.17, 15) is 9.59 Å². The fourth-order valence-corrected chi connectivity index (χ4v) is 4.13. The van der Waals surface area contributed by atoms with Gasteiger partial charge in [-0.05, 0) is 48.6 Å². The standard InChI is InChI=1S/C27H30N2O2S/c1-20-10-9-15-23(18-20)26(30)29-25(16-17-32-2)27(31)28-19-24(21-11-5-3-6-12-21)22-13-7-4-8-14-22/h3-15,18,24-25H,16-17,19H2,1-2H3,(H,28,31)(H,29,30). The van der Waals surface area contributed by atoms with Gasteiger partial charge in [0, 0.05) is 18.0 Å². The van der Waals surface area contributed by atoms with Gasteiger partial charge in [0.25, 0.3) is 5.91 Å². The molecule has 0 spiro atoms. The number of rotatable bonds is 10. The van der Waals surface area contributed by atoms with Crippen LogP contribution in [0, 0.1) is 6.92 Å². The van der Waals surface area contributed by atoms with E-state index in [1.54, 1.807) is 17.8 Å². The van der Waals surface area contributed by atoms with Gasteiger partial charge in [0.05, 0.1) is 0 Å². The molecule has 2 N–H and O–H groups in total. The van der Waals surface area contributed by atoms with Crippen LogP contribution in [0.25, 0.3) is 0 Å². The summed E-state index contributed by atoms with van der Waals surface area (Å²) in [5, 5.41) is 6.03. The molecule has 3 aromatic carbocycles. The van der Waals surface area contributed by atoms with E-state index < -0.39 is 6.04 Å². The summed E-state index contributed by atoms with van der Waals surface area (Å²) in [5.41, 5.74) is 3.86. The van der Waals surface area contributed by atoms with Crippen molar-refractivity contribution in [2.45, 2.75) is 25.3 Å². The zero-order valence-corrected chi connectivity index (χ0v) is 19.4. The second-order valence-electron chi connectivity index (χ2n) is 7.80. The number of carbonyl (C=O) groups excluding carboxylic acids is 2. The van der Waals surface area contributed by atoms with Crippen molar-refractivity contribution in [3.8, 4) is 0 Å². The Kier molecular flexibility index (Phi) is 8.93. The normalized spacial score (nSPS) is 11.7. The molecule has 166 valence electrons. The van der Waals surface area contributed by atoms with Crippen molar-refractivity contribution in [2.24, 2.45) is 0 Å². The van der Waals surface area contributed by atoms with Crippen LogP contribution in [0.1, 0.15) is 39.4 Å². The van der Waals surface area contributed by atoms with Crippen LogP contribution in [0.15, 0.2) is 84.9 Å². The molecule has 3 rings (SSSR count). The van der Waals surface area contributed by atoms with Crippen molar-refractivity contribution in [3.63, 3.8) is 0 Å². The summed E-state index contributed by atoms with van der Waals surface area (Å²) >= 11 is 1.66. The van der Waals surface area contributed by atoms with Crippen LogP contribution in [-0.4, -0.2) is 36.4 Å². The smallest absolute Gasteiger partial charge is 0.251 e. The zero-order valence-electron chi connectivity index (χ0n) is 18.6. The topological polar surface area (TPSA) is 58.2 Å². The fraction of sp³-hybridized carbons (Fsp3) is 0.259. The van der Waals surface area contributed by atoms with Crippen LogP contribution < -0.4 is 10.6 Å². The highest BCUT2D eigenvalue weighted by Crippen LogP contribution is 2.23. The summed E-state index contributed by atoms with van der Waals surface area (Å²) in [6, 6.07) is 27.2. The van der Waals surface area contributed by atoms with Crippen LogP contribution >= 0.6 is 11.8 Å². The number of nitrogens with one attached hydrogen (secondary N) is 2. The minimum Gasteiger partial charge on any atom is -0.353 e. The third kappa shape index (κ3) is 6.72. The lowest BCUT2D eigenvalue weighted by Gasteiger charge is -2.22. The Bertz CT molecular complexity index is 969. The molecule has 0 aliphatic heterocycles. The van der Waals surface area contributed by atoms with Gasteiger partial charge < -0.3 is 10.6 Å². The Hall–Kier alpha value is -3.05. The summed E-state index contributed by atoms with van der Waals surface area (Å²) in [6.45, 7) is 2.41. The summed E-state index contributed by atoms with van der Waals surface area (Å²) < 4.78 is 0. The van der Waals surface area contributed by atoms with Gasteiger partial charge in [-0.1, -0.05) is 78.4 Å². The minimum absolute atomic E-state index is 0.0371. The maximum atomic E-state index is 13.1. The molecule has 2 amide bonds. The molecule has 1 unspecified atom stereocenters. The molecule has 0 saturated carbocycles. The summed E-state index contributed by atoms with van der Waals surface area (Å²) in [7, 11) is 0. The van der Waals surface area contributed by atoms with E-state index in [0.717, 1.165) is 22.4 Å². The first-order valence-corrected chi connectivity index (χ1v) is 12.2. The monoisotopic (exact) mass is 446 g/mol. The lowest BCUT2D eigenvalue weighted by atomic mass is 9.91. The molecule has 4 nitrogen and oxygen atoms in total. The largest absolute Gasteiger partial charge is 0.353 e. The highest BCUT2D eigenvalue weighted by molar-refractivity contribution is 7.98. The molecular weight excluding hydrogens is 416 g/mol. The van der Waals surface area contributed by atoms with Crippen molar-refractivity contribution in [3.05, 3.63) is 107 Å². The molecule has 0 saturated heterocycles. The van der Waals surface area contributed by atoms with Crippen molar-refractivity contribution in [1.29, 1.82) is 0 Å². The van der Waals surface area contributed by atoms with E-state index in [2.05, 4.69) is 34.9 Å². The summed E-state index contributed by atoms with van der Waals surface area (Å²) in [4.78, 5) is 25.9. The summed E-state index contributed by atoms with van der Waals surface area (Å²) in [6.07, 6.45) is 2.57. The predicted octanol–water partition coefficient (Wildman–Crippen LogP) is 4.79. The minimum atomic E-state index is -0.581. The number of hydrogen-bond donors (Lipinski definition) is 2. The number of amides is 2. The maximum Gasteiger partial charge on any atom is 0.251 e. The summed E-state index contributed by atoms with van der Waals surface area (Å²) in [5.74, 6) is 0.442. The van der Waals surface area contributed by atoms with Crippen molar-refractivity contribution < 1.29 is 9.59 Å². The van der Waals surface area contributed by atoms with E-state index in [1.807, 2.05) is 67.8 Å². The van der Waals surface area contributed by atoms with Crippen LogP contribution in [-0.2, 0) is 4.79 Å². The Morgan fingerprint density at radius 2 is 1.50 bits per heavy atom. The van der Waals surface area contributed by atoms with Crippen molar-refractivity contribution in [1.82, 2.24) is 10.6 Å². The molecule has 0 bridgehead atoms. The molecule has 1 atom stereocenters. The number of aryl methyl sites for hydroxylation is 1. The lowest BCUT2D eigenvalue weighted by Crippen LogP contribution is -2.48. The molecule has 0 aliphatic carbocycles. The second-order valence-corrected chi connectivity index (χ2v) is 8.78. The van der Waals surface area contributed by atoms with Gasteiger partial charge in [-0.3, -0.25) is 9.59 Å². The number of hydrogen-bond acceptors (Lipinski definition) is 3. The first-order valence-electron chi connectivity index (χ1n) is 10.8. The number of carbonyl (C=O) groups is 2. The molecule has 0 fully saturated rings. The van der Waals surface area contributed by atoms with Crippen molar-refractivity contribution in [2.75, 3.05) is 18.6 Å². The average molecular weight is 447 g/mol. The third-order valence-corrected chi connectivity index (χ3v) is 6.04. The first-order chi connectivity index (χ1) is 15.6. The van der Waals surface area contributed by atoms with Gasteiger partial charge in [-0.15, -0.1) is 0 Å². The Morgan fingerprint density at radius 3 is 2.06 bits per heavy atom. The highest BCUT2D eigenvalue weighted by Gasteiger charge is 2.23. The third-order valence-electron chi connectivity index (χ3n) is 5.40. The lowest BCUT2D eigenvalue weighted by molar-refractivity contribution is -0.123. The van der Waals surface area contributed by atoms with Gasteiger partial charge in [0.1, 0.15) is 6.04 Å². The average Bonchev–Trinajstić information content (AvgIpc) is 2.83. The van der Waals surface area contributed by atoms with Crippen molar-refractivity contribution >= 4 is 23.6 Å². The maximum absolute atomic E-state index is 13.1. The van der Waals surface area contributed by atoms with Crippen LogP contribution in [0.4, 0.5) is 0 Å². The van der Waals surface area contributed by atoms with Gasteiger partial charge in [0.2, 0.25) is 5.91 Å². The van der Waals surface area contributed by atoms with Crippen LogP contribution in [0.5, 0.6) is 0 Å². The Balaban J connectivity index is 1.72. The van der Waals surface area contributed by atoms with E-state index in [-0.39, 0.29) is 17.7 Å². The van der Waals surface area contributed by atoms with E-state index in [4.69, 9.17) is 0 Å². The molecule has 5 heteroatoms. The van der Waals surface area contributed by atoms with Gasteiger partial charge >= 0.3 is 0 Å². The first kappa shape index (κ1) is 23.6. The molecule has 0 radical (unpaired) electrons. The van der Waals surface area contributed by atoms with Crippen LogP contribution in [0.2, 0.25) is 0 Å². The van der Waals surface area contributed by atoms with Gasteiger partial charge in [-0.2, -0.15) is 11.8 Å². The molecular formula is C27H30N2O2S.